The third-order valence-electron chi connectivity index (χ3n) is 17.6. The van der Waals surface area contributed by atoms with Gasteiger partial charge in [0.1, 0.15) is 24.8 Å². The van der Waals surface area contributed by atoms with Crippen LogP contribution in [0.4, 0.5) is 23.0 Å². The first-order valence-electron chi connectivity index (χ1n) is 28.7. The lowest BCUT2D eigenvalue weighted by Gasteiger charge is -2.41. The summed E-state index contributed by atoms with van der Waals surface area (Å²) < 4.78 is 13.3. The molecule has 4 fully saturated rings. The quantitative estimate of drug-likeness (QED) is 0.0989. The van der Waals surface area contributed by atoms with Crippen LogP contribution in [0.15, 0.2) is 92.0 Å². The number of fused-ring (bicyclic) bond motifs is 3. The van der Waals surface area contributed by atoms with Gasteiger partial charge in [0, 0.05) is 98.9 Å². The first kappa shape index (κ1) is 54.2. The van der Waals surface area contributed by atoms with Gasteiger partial charge in [-0.1, -0.05) is 61.7 Å². The third-order valence-corrected chi connectivity index (χ3v) is 17.6. The van der Waals surface area contributed by atoms with Crippen LogP contribution in [0.3, 0.4) is 0 Å². The van der Waals surface area contributed by atoms with Crippen molar-refractivity contribution in [2.24, 2.45) is 0 Å². The molecule has 1 unspecified atom stereocenters. The van der Waals surface area contributed by atoms with Gasteiger partial charge in [0.05, 0.1) is 61.5 Å². The Morgan fingerprint density at radius 2 is 1.20 bits per heavy atom. The maximum Gasteiger partial charge on any atom is 0.318 e. The number of nitrogens with zero attached hydrogens (tertiary/aromatic N) is 14. The number of aromatic nitrogens is 4. The number of hydrogen-bond acceptors (Lipinski definition) is 16. The molecular weight excluding hydrogens is 1000 g/mol. The molecule has 2 aromatic heterocycles. The smallest absolute Gasteiger partial charge is 0.318 e. The second-order valence-corrected chi connectivity index (χ2v) is 22.5. The predicted molar refractivity (Wildman–Crippen MR) is 310 cm³/mol. The SMILES string of the molecule is C=CC(=O)N1CCN(c2nc(OC[C@@H]3CC(c4cc(N5CCCc6c(nc(OC[C@@H]7CCCN7C)nc6N6CCN(C(=O)C=C)[C@@H](CC#N)C6)C5)c5ccccc5c4)CN3C)nc3c2CCCN(c2ccccc2)C3)C[C@@H]1CC#N. The van der Waals surface area contributed by atoms with E-state index in [9.17, 15) is 20.1 Å². The Balaban J connectivity index is 0.858. The summed E-state index contributed by atoms with van der Waals surface area (Å²) in [7, 11) is 4.33. The molecule has 3 aromatic carbocycles. The minimum absolute atomic E-state index is 0.0993. The summed E-state index contributed by atoms with van der Waals surface area (Å²) in [5.74, 6) is 1.59. The second-order valence-electron chi connectivity index (χ2n) is 22.5. The number of likely N-dealkylation sites (tertiary alicyclic amines) is 2. The molecule has 0 bridgehead atoms. The second kappa shape index (κ2) is 24.3. The molecule has 2 amide bonds. The Hall–Kier alpha value is -7.80. The highest BCUT2D eigenvalue weighted by molar-refractivity contribution is 5.95. The highest BCUT2D eigenvalue weighted by Crippen LogP contribution is 2.40. The van der Waals surface area contributed by atoms with Crippen LogP contribution in [-0.2, 0) is 35.5 Å². The molecule has 5 atom stereocenters. The zero-order valence-corrected chi connectivity index (χ0v) is 46.5. The fourth-order valence-electron chi connectivity index (χ4n) is 13.2. The zero-order chi connectivity index (χ0) is 55.3. The van der Waals surface area contributed by atoms with Gasteiger partial charge in [0.25, 0.3) is 0 Å². The number of carbonyl (C=O) groups is 2. The van der Waals surface area contributed by atoms with Crippen LogP contribution in [0.2, 0.25) is 0 Å². The molecule has 4 saturated heterocycles. The largest absolute Gasteiger partial charge is 0.462 e. The van der Waals surface area contributed by atoms with Crippen LogP contribution in [0.5, 0.6) is 12.0 Å². The number of nitriles is 2. The molecule has 18 nitrogen and oxygen atoms in total. The average Bonchev–Trinajstić information content (AvgIpc) is 3.92. The molecule has 0 aliphatic carbocycles. The van der Waals surface area contributed by atoms with Gasteiger partial charge in [-0.15, -0.1) is 0 Å². The van der Waals surface area contributed by atoms with E-state index in [0.717, 1.165) is 111 Å². The zero-order valence-electron chi connectivity index (χ0n) is 46.5. The number of amides is 2. The van der Waals surface area contributed by atoms with Crippen molar-refractivity contribution in [1.82, 2.24) is 39.5 Å². The monoisotopic (exact) mass is 1080 g/mol. The first-order chi connectivity index (χ1) is 39.1. The van der Waals surface area contributed by atoms with E-state index in [1.165, 1.54) is 34.2 Å². The molecule has 416 valence electrons. The maximum absolute atomic E-state index is 12.9. The van der Waals surface area contributed by atoms with E-state index < -0.39 is 0 Å². The summed E-state index contributed by atoms with van der Waals surface area (Å²) in [6.07, 6.45) is 9.60. The molecular formula is C62H74N14O4. The summed E-state index contributed by atoms with van der Waals surface area (Å²) >= 11 is 0. The minimum atomic E-state index is -0.294. The highest BCUT2D eigenvalue weighted by atomic mass is 16.5. The molecule has 5 aromatic rings. The van der Waals surface area contributed by atoms with Gasteiger partial charge in [-0.3, -0.25) is 14.5 Å². The lowest BCUT2D eigenvalue weighted by molar-refractivity contribution is -0.129. The van der Waals surface area contributed by atoms with Crippen LogP contribution < -0.4 is 29.1 Å². The first-order valence-corrected chi connectivity index (χ1v) is 28.7. The molecule has 11 rings (SSSR count). The van der Waals surface area contributed by atoms with Gasteiger partial charge in [-0.25, -0.2) is 0 Å². The van der Waals surface area contributed by atoms with Crippen LogP contribution in [-0.4, -0.2) is 168 Å². The standard InChI is InChI=1S/C62H74N14O4/c1-5-57(77)75-31-29-73(37-47(75)22-24-63)59-52-20-13-27-71(46-16-8-7-9-17-46)39-54(52)65-62(68-59)80-42-50-34-45(36-70(50)4)44-33-43-15-10-11-19-51(43)56(35-44)72-28-14-21-53-55(40-72)66-61(79-41-49-18-12-26-69(49)3)67-60(53)74-30-32-76(58(78)6-2)48(38-74)23-25-64/h5-11,15-17,19,33,35,45,47-50H,1-2,12-14,18,20-23,26-32,34,36-42H2,3-4H3/t45?,47-,48-,49-,50-/m0/s1. The minimum Gasteiger partial charge on any atom is -0.462 e. The van der Waals surface area contributed by atoms with Crippen molar-refractivity contribution in [3.63, 3.8) is 0 Å². The molecule has 0 spiro atoms. The summed E-state index contributed by atoms with van der Waals surface area (Å²) in [6.45, 7) is 16.2. The van der Waals surface area contributed by atoms with Crippen LogP contribution in [0.25, 0.3) is 10.8 Å². The maximum atomic E-state index is 12.9. The number of benzene rings is 3. The fraction of sp³-hybridized carbons (Fsp3) is 0.484. The number of hydrogen-bond donors (Lipinski definition) is 0. The van der Waals surface area contributed by atoms with E-state index >= 15 is 0 Å². The molecule has 0 radical (unpaired) electrons. The molecule has 18 heteroatoms. The van der Waals surface area contributed by atoms with Gasteiger partial charge in [0.15, 0.2) is 0 Å². The van der Waals surface area contributed by atoms with Crippen molar-refractivity contribution < 1.29 is 19.1 Å². The lowest BCUT2D eigenvalue weighted by atomic mass is 9.92. The van der Waals surface area contributed by atoms with Crippen LogP contribution in [0.1, 0.15) is 78.9 Å². The Labute approximate surface area is 470 Å². The number of piperazine rings is 2. The molecule has 0 N–H and O–H groups in total. The Morgan fingerprint density at radius 1 is 0.625 bits per heavy atom. The number of likely N-dealkylation sites (N-methyl/N-ethyl adjacent to an activating group) is 2. The molecule has 6 aliphatic heterocycles. The number of carbonyl (C=O) groups excluding carboxylic acids is 2. The van der Waals surface area contributed by atoms with Crippen molar-refractivity contribution in [1.29, 1.82) is 10.5 Å². The van der Waals surface area contributed by atoms with E-state index in [1.807, 2.05) is 6.07 Å². The average molecular weight is 1080 g/mol. The van der Waals surface area contributed by atoms with E-state index in [0.29, 0.717) is 83.6 Å². The van der Waals surface area contributed by atoms with Crippen molar-refractivity contribution >= 4 is 45.6 Å². The van der Waals surface area contributed by atoms with Gasteiger partial charge in [-0.05, 0) is 113 Å². The van der Waals surface area contributed by atoms with Crippen molar-refractivity contribution in [3.05, 3.63) is 120 Å². The fourth-order valence-corrected chi connectivity index (χ4v) is 13.2. The summed E-state index contributed by atoms with van der Waals surface area (Å²) in [5.41, 5.74) is 7.69. The summed E-state index contributed by atoms with van der Waals surface area (Å²) in [5, 5.41) is 22.1. The van der Waals surface area contributed by atoms with Gasteiger partial charge < -0.3 is 43.8 Å². The van der Waals surface area contributed by atoms with E-state index in [-0.39, 0.29) is 48.7 Å². The number of rotatable bonds is 15. The predicted octanol–water partition coefficient (Wildman–Crippen LogP) is 6.90. The van der Waals surface area contributed by atoms with Crippen molar-refractivity contribution in [2.75, 3.05) is 112 Å². The van der Waals surface area contributed by atoms with E-state index in [1.54, 1.807) is 9.80 Å². The molecule has 0 saturated carbocycles. The Kier molecular flexibility index (Phi) is 16.4. The Bertz CT molecular complexity index is 3180. The summed E-state index contributed by atoms with van der Waals surface area (Å²) in [4.78, 5) is 64.3. The number of anilines is 4. The third kappa shape index (κ3) is 11.5. The van der Waals surface area contributed by atoms with E-state index in [2.05, 4.69) is 129 Å². The van der Waals surface area contributed by atoms with Crippen LogP contribution in [0, 0.1) is 22.7 Å². The molecule has 8 heterocycles. The molecule has 80 heavy (non-hydrogen) atoms. The number of ether oxygens (including phenoxy) is 2. The highest BCUT2D eigenvalue weighted by Gasteiger charge is 2.37. The van der Waals surface area contributed by atoms with Crippen molar-refractivity contribution in [2.45, 2.75) is 101 Å². The Morgan fingerprint density at radius 3 is 1.79 bits per heavy atom. The topological polar surface area (TPSA) is 178 Å². The van der Waals surface area contributed by atoms with Crippen LogP contribution >= 0.6 is 0 Å². The van der Waals surface area contributed by atoms with Gasteiger partial charge in [0.2, 0.25) is 11.8 Å². The van der Waals surface area contributed by atoms with Crippen molar-refractivity contribution in [3.8, 4) is 24.2 Å². The number of para-hydroxylation sites is 1. The van der Waals surface area contributed by atoms with Gasteiger partial charge >= 0.3 is 12.0 Å². The lowest BCUT2D eigenvalue weighted by Crippen LogP contribution is -2.55. The normalized spacial score (nSPS) is 22.7. The summed E-state index contributed by atoms with van der Waals surface area (Å²) in [6, 6.07) is 29.1. The molecule has 6 aliphatic rings. The van der Waals surface area contributed by atoms with Gasteiger partial charge in [-0.2, -0.15) is 30.5 Å². The van der Waals surface area contributed by atoms with E-state index in [4.69, 9.17) is 29.4 Å².